The van der Waals surface area contributed by atoms with Gasteiger partial charge in [-0.1, -0.05) is 38.1 Å². The van der Waals surface area contributed by atoms with Crippen molar-refractivity contribution in [3.05, 3.63) is 35.4 Å². The van der Waals surface area contributed by atoms with Gasteiger partial charge in [0.1, 0.15) is 0 Å². The molecule has 16 heavy (non-hydrogen) atoms. The highest BCUT2D eigenvalue weighted by Crippen LogP contribution is 2.18. The minimum atomic E-state index is 0.596. The highest BCUT2D eigenvalue weighted by Gasteiger charge is 2.16. The van der Waals surface area contributed by atoms with Gasteiger partial charge < -0.3 is 4.90 Å². The van der Waals surface area contributed by atoms with Crippen molar-refractivity contribution in [3.63, 3.8) is 0 Å². The molecule has 0 spiro atoms. The standard InChI is InChI=1S/C14H20N2/c1-11(2)13-7-5-12(6-8-13)10-16-9-3-4-14(16)15/h5-8,11,15H,3-4,9-10H2,1-2H3. The summed E-state index contributed by atoms with van der Waals surface area (Å²) in [5.41, 5.74) is 2.70. The fourth-order valence-electron chi connectivity index (χ4n) is 2.13. The van der Waals surface area contributed by atoms with Crippen molar-refractivity contribution in [3.8, 4) is 0 Å². The van der Waals surface area contributed by atoms with Crippen LogP contribution in [0.4, 0.5) is 0 Å². The molecule has 1 aliphatic heterocycles. The van der Waals surface area contributed by atoms with E-state index in [0.717, 1.165) is 31.8 Å². The molecule has 0 bridgehead atoms. The Hall–Kier alpha value is -1.31. The van der Waals surface area contributed by atoms with E-state index in [1.165, 1.54) is 11.1 Å². The van der Waals surface area contributed by atoms with Crippen LogP contribution in [0.2, 0.25) is 0 Å². The molecular formula is C14H20N2. The summed E-state index contributed by atoms with van der Waals surface area (Å²) in [6.45, 7) is 6.37. The van der Waals surface area contributed by atoms with E-state index in [1.54, 1.807) is 0 Å². The van der Waals surface area contributed by atoms with Crippen LogP contribution in [-0.4, -0.2) is 17.3 Å². The second kappa shape index (κ2) is 4.69. The normalized spacial score (nSPS) is 16.2. The summed E-state index contributed by atoms with van der Waals surface area (Å²) < 4.78 is 0. The van der Waals surface area contributed by atoms with Crippen LogP contribution in [0.15, 0.2) is 24.3 Å². The number of hydrogen-bond acceptors (Lipinski definition) is 1. The lowest BCUT2D eigenvalue weighted by Crippen LogP contribution is -2.23. The third kappa shape index (κ3) is 2.43. The molecule has 1 saturated heterocycles. The van der Waals surface area contributed by atoms with Gasteiger partial charge in [0.25, 0.3) is 0 Å². The van der Waals surface area contributed by atoms with E-state index in [0.29, 0.717) is 5.92 Å². The molecule has 1 aromatic rings. The van der Waals surface area contributed by atoms with E-state index in [4.69, 9.17) is 5.41 Å². The summed E-state index contributed by atoms with van der Waals surface area (Å²) in [7, 11) is 0. The van der Waals surface area contributed by atoms with Gasteiger partial charge in [0.05, 0.1) is 5.84 Å². The quantitative estimate of drug-likeness (QED) is 0.824. The summed E-state index contributed by atoms with van der Waals surface area (Å²) in [5, 5.41) is 7.79. The number of nitrogens with one attached hydrogen (secondary N) is 1. The minimum absolute atomic E-state index is 0.596. The van der Waals surface area contributed by atoms with Crippen molar-refractivity contribution in [1.29, 1.82) is 5.41 Å². The average molecular weight is 216 g/mol. The predicted octanol–water partition coefficient (Wildman–Crippen LogP) is 3.38. The zero-order chi connectivity index (χ0) is 11.5. The molecular weight excluding hydrogens is 196 g/mol. The van der Waals surface area contributed by atoms with Crippen molar-refractivity contribution in [2.75, 3.05) is 6.54 Å². The maximum Gasteiger partial charge on any atom is 0.0961 e. The Morgan fingerprint density at radius 1 is 1.25 bits per heavy atom. The van der Waals surface area contributed by atoms with E-state index in [2.05, 4.69) is 43.0 Å². The number of benzene rings is 1. The van der Waals surface area contributed by atoms with Crippen LogP contribution in [0.3, 0.4) is 0 Å². The highest BCUT2D eigenvalue weighted by atomic mass is 15.2. The van der Waals surface area contributed by atoms with Crippen LogP contribution >= 0.6 is 0 Å². The molecule has 0 radical (unpaired) electrons. The second-order valence-electron chi connectivity index (χ2n) is 4.87. The van der Waals surface area contributed by atoms with Crippen LogP contribution in [0.1, 0.15) is 43.7 Å². The van der Waals surface area contributed by atoms with Gasteiger partial charge in [-0.15, -0.1) is 0 Å². The van der Waals surface area contributed by atoms with E-state index >= 15 is 0 Å². The van der Waals surface area contributed by atoms with Gasteiger partial charge in [0.2, 0.25) is 0 Å². The molecule has 2 heteroatoms. The Labute approximate surface area is 97.8 Å². The molecule has 1 aliphatic rings. The third-order valence-corrected chi connectivity index (χ3v) is 3.24. The molecule has 0 aliphatic carbocycles. The second-order valence-corrected chi connectivity index (χ2v) is 4.87. The van der Waals surface area contributed by atoms with Crippen molar-refractivity contribution in [2.45, 2.75) is 39.2 Å². The van der Waals surface area contributed by atoms with Crippen LogP contribution in [0, 0.1) is 5.41 Å². The fourth-order valence-corrected chi connectivity index (χ4v) is 2.13. The largest absolute Gasteiger partial charge is 0.356 e. The maximum absolute atomic E-state index is 7.79. The van der Waals surface area contributed by atoms with Crippen molar-refractivity contribution in [2.24, 2.45) is 0 Å². The lowest BCUT2D eigenvalue weighted by atomic mass is 10.0. The monoisotopic (exact) mass is 216 g/mol. The Kier molecular flexibility index (Phi) is 3.28. The van der Waals surface area contributed by atoms with Crippen molar-refractivity contribution >= 4 is 5.84 Å². The van der Waals surface area contributed by atoms with Crippen LogP contribution in [0.25, 0.3) is 0 Å². The number of likely N-dealkylation sites (tertiary alicyclic amines) is 1. The molecule has 1 aromatic carbocycles. The Bertz CT molecular complexity index is 365. The third-order valence-electron chi connectivity index (χ3n) is 3.24. The van der Waals surface area contributed by atoms with Gasteiger partial charge in [-0.25, -0.2) is 0 Å². The Morgan fingerprint density at radius 3 is 2.44 bits per heavy atom. The molecule has 0 amide bonds. The highest BCUT2D eigenvalue weighted by molar-refractivity contribution is 5.80. The fraction of sp³-hybridized carbons (Fsp3) is 0.500. The summed E-state index contributed by atoms with van der Waals surface area (Å²) >= 11 is 0. The maximum atomic E-state index is 7.79. The zero-order valence-electron chi connectivity index (χ0n) is 10.2. The van der Waals surface area contributed by atoms with Crippen LogP contribution < -0.4 is 0 Å². The first kappa shape index (κ1) is 11.2. The van der Waals surface area contributed by atoms with Gasteiger partial charge in [-0.3, -0.25) is 5.41 Å². The topological polar surface area (TPSA) is 27.1 Å². The first-order chi connectivity index (χ1) is 7.66. The average Bonchev–Trinajstić information content (AvgIpc) is 2.65. The van der Waals surface area contributed by atoms with Gasteiger partial charge in [-0.2, -0.15) is 0 Å². The molecule has 2 nitrogen and oxygen atoms in total. The van der Waals surface area contributed by atoms with Gasteiger partial charge in [0, 0.05) is 19.5 Å². The SMILES string of the molecule is CC(C)c1ccc(CN2CCCC2=N)cc1. The Morgan fingerprint density at radius 2 is 1.94 bits per heavy atom. The molecule has 0 unspecified atom stereocenters. The molecule has 0 atom stereocenters. The molecule has 0 aromatic heterocycles. The summed E-state index contributed by atoms with van der Waals surface area (Å²) in [6.07, 6.45) is 2.09. The molecule has 1 heterocycles. The Balaban J connectivity index is 2.02. The van der Waals surface area contributed by atoms with Gasteiger partial charge in [-0.05, 0) is 23.5 Å². The van der Waals surface area contributed by atoms with E-state index in [9.17, 15) is 0 Å². The summed E-state index contributed by atoms with van der Waals surface area (Å²) in [6, 6.07) is 8.81. The van der Waals surface area contributed by atoms with Crippen LogP contribution in [0.5, 0.6) is 0 Å². The molecule has 1 N–H and O–H groups in total. The number of rotatable bonds is 3. The molecule has 2 rings (SSSR count). The van der Waals surface area contributed by atoms with E-state index < -0.39 is 0 Å². The van der Waals surface area contributed by atoms with Crippen molar-refractivity contribution in [1.82, 2.24) is 4.90 Å². The number of nitrogens with zero attached hydrogens (tertiary/aromatic N) is 1. The summed E-state index contributed by atoms with van der Waals surface area (Å²) in [4.78, 5) is 2.17. The van der Waals surface area contributed by atoms with Gasteiger partial charge in [0.15, 0.2) is 0 Å². The first-order valence-corrected chi connectivity index (χ1v) is 6.08. The minimum Gasteiger partial charge on any atom is -0.356 e. The predicted molar refractivity (Wildman–Crippen MR) is 67.9 cm³/mol. The number of amidine groups is 1. The smallest absolute Gasteiger partial charge is 0.0961 e. The molecule has 1 fully saturated rings. The van der Waals surface area contributed by atoms with Gasteiger partial charge >= 0.3 is 0 Å². The summed E-state index contributed by atoms with van der Waals surface area (Å²) in [5.74, 6) is 1.40. The first-order valence-electron chi connectivity index (χ1n) is 6.08. The molecule has 0 saturated carbocycles. The van der Waals surface area contributed by atoms with E-state index in [1.807, 2.05) is 0 Å². The zero-order valence-corrected chi connectivity index (χ0v) is 10.2. The van der Waals surface area contributed by atoms with Crippen molar-refractivity contribution < 1.29 is 0 Å². The number of hydrogen-bond donors (Lipinski definition) is 1. The lowest BCUT2D eigenvalue weighted by Gasteiger charge is -2.18. The van der Waals surface area contributed by atoms with E-state index in [-0.39, 0.29) is 0 Å². The lowest BCUT2D eigenvalue weighted by molar-refractivity contribution is 0.446. The molecule has 86 valence electrons. The van der Waals surface area contributed by atoms with Crippen LogP contribution in [-0.2, 0) is 6.54 Å².